The van der Waals surface area contributed by atoms with E-state index < -0.39 is 35.2 Å². The highest BCUT2D eigenvalue weighted by Gasteiger charge is 2.47. The SMILES string of the molecule is C[C@@H]1[C@H](CN2CCN(c3ccc([N+](=O)[O-])cc3)CC2)O[C@H](c2cccc(-c3cccc(CNC(=O)[C@@H]4CCCN4C(=O)C(F)(F)F)c3)c2)O[C@@H]1c1ccc(CO)cc1. The van der Waals surface area contributed by atoms with Gasteiger partial charge in [-0.1, -0.05) is 67.6 Å². The van der Waals surface area contributed by atoms with Crippen LogP contribution in [0.4, 0.5) is 24.5 Å². The number of aliphatic hydroxyl groups excluding tert-OH is 1. The number of carbonyl (C=O) groups excluding carboxylic acids is 2. The van der Waals surface area contributed by atoms with E-state index in [9.17, 15) is 38.0 Å². The topological polar surface area (TPSA) is 138 Å². The second kappa shape index (κ2) is 17.6. The first-order valence-electron chi connectivity index (χ1n) is 19.4. The molecule has 0 unspecified atom stereocenters. The van der Waals surface area contributed by atoms with Crippen LogP contribution in [-0.4, -0.2) is 89.2 Å². The molecule has 3 aliphatic heterocycles. The number of amides is 2. The number of nitrogens with zero attached hydrogens (tertiary/aromatic N) is 4. The highest BCUT2D eigenvalue weighted by molar-refractivity contribution is 5.90. The van der Waals surface area contributed by atoms with Gasteiger partial charge in [0, 0.05) is 75.1 Å². The number of piperazine rings is 1. The Morgan fingerprint density at radius 3 is 2.22 bits per heavy atom. The molecule has 0 bridgehead atoms. The second-order valence-electron chi connectivity index (χ2n) is 15.1. The number of hydrogen-bond acceptors (Lipinski definition) is 9. The number of alkyl halides is 3. The molecule has 5 atom stereocenters. The van der Waals surface area contributed by atoms with E-state index in [0.717, 1.165) is 65.2 Å². The number of hydrogen-bond donors (Lipinski definition) is 2. The lowest BCUT2D eigenvalue weighted by Crippen LogP contribution is -2.51. The first-order chi connectivity index (χ1) is 27.9. The molecule has 2 amide bonds. The molecule has 12 nitrogen and oxygen atoms in total. The fourth-order valence-electron chi connectivity index (χ4n) is 8.03. The van der Waals surface area contributed by atoms with E-state index in [2.05, 4.69) is 22.0 Å². The van der Waals surface area contributed by atoms with Crippen molar-refractivity contribution >= 4 is 23.2 Å². The molecule has 3 saturated heterocycles. The van der Waals surface area contributed by atoms with E-state index in [1.165, 1.54) is 12.1 Å². The predicted molar refractivity (Wildman–Crippen MR) is 209 cm³/mol. The summed E-state index contributed by atoms with van der Waals surface area (Å²) in [6.07, 6.45) is -5.77. The van der Waals surface area contributed by atoms with Gasteiger partial charge in [0.15, 0.2) is 6.29 Å². The minimum Gasteiger partial charge on any atom is -0.392 e. The number of aliphatic hydroxyl groups is 1. The van der Waals surface area contributed by atoms with Gasteiger partial charge in [-0.2, -0.15) is 13.2 Å². The Morgan fingerprint density at radius 1 is 0.862 bits per heavy atom. The lowest BCUT2D eigenvalue weighted by Gasteiger charge is -2.44. The van der Waals surface area contributed by atoms with Gasteiger partial charge < -0.3 is 29.7 Å². The van der Waals surface area contributed by atoms with Crippen LogP contribution in [0.1, 0.15) is 54.4 Å². The molecule has 0 aliphatic carbocycles. The van der Waals surface area contributed by atoms with Crippen molar-refractivity contribution in [3.8, 4) is 11.1 Å². The number of nitro benzene ring substituents is 1. The fraction of sp³-hybridized carbons (Fsp3) is 0.395. The Morgan fingerprint density at radius 2 is 1.55 bits per heavy atom. The minimum atomic E-state index is -5.04. The molecule has 0 saturated carbocycles. The van der Waals surface area contributed by atoms with Crippen LogP contribution in [0.5, 0.6) is 0 Å². The Labute approximate surface area is 334 Å². The lowest BCUT2D eigenvalue weighted by atomic mass is 9.89. The number of carbonyl (C=O) groups is 2. The number of likely N-dealkylation sites (tertiary alicyclic amines) is 1. The molecule has 2 N–H and O–H groups in total. The van der Waals surface area contributed by atoms with Gasteiger partial charge in [-0.25, -0.2) is 0 Å². The molecule has 3 aliphatic rings. The number of halogens is 3. The summed E-state index contributed by atoms with van der Waals surface area (Å²) in [4.78, 5) is 40.8. The van der Waals surface area contributed by atoms with Gasteiger partial charge in [0.25, 0.3) is 5.69 Å². The Bertz CT molecular complexity index is 2080. The van der Waals surface area contributed by atoms with Crippen LogP contribution < -0.4 is 10.2 Å². The summed E-state index contributed by atoms with van der Waals surface area (Å²) in [5, 5.41) is 23.5. The van der Waals surface area contributed by atoms with Crippen molar-refractivity contribution in [2.75, 3.05) is 44.2 Å². The van der Waals surface area contributed by atoms with Crippen molar-refractivity contribution in [2.24, 2.45) is 5.92 Å². The molecular formula is C43H46F3N5O7. The van der Waals surface area contributed by atoms with Gasteiger partial charge in [-0.05, 0) is 64.9 Å². The molecule has 58 heavy (non-hydrogen) atoms. The van der Waals surface area contributed by atoms with Gasteiger partial charge in [0.05, 0.1) is 23.7 Å². The fourth-order valence-corrected chi connectivity index (χ4v) is 8.03. The molecular weight excluding hydrogens is 755 g/mol. The summed E-state index contributed by atoms with van der Waals surface area (Å²) < 4.78 is 52.9. The Hall–Kier alpha value is -5.35. The lowest BCUT2D eigenvalue weighted by molar-refractivity contribution is -0.384. The molecule has 15 heteroatoms. The van der Waals surface area contributed by atoms with E-state index >= 15 is 0 Å². The van der Waals surface area contributed by atoms with E-state index in [-0.39, 0.29) is 49.9 Å². The maximum Gasteiger partial charge on any atom is 0.471 e. The van der Waals surface area contributed by atoms with Gasteiger partial charge in [0.2, 0.25) is 5.91 Å². The summed E-state index contributed by atoms with van der Waals surface area (Å²) in [5.41, 5.74) is 6.05. The third kappa shape index (κ3) is 9.34. The monoisotopic (exact) mass is 801 g/mol. The number of nitrogens with one attached hydrogen (secondary N) is 1. The van der Waals surface area contributed by atoms with Crippen molar-refractivity contribution < 1.29 is 42.3 Å². The zero-order valence-electron chi connectivity index (χ0n) is 32.0. The summed E-state index contributed by atoms with van der Waals surface area (Å²) >= 11 is 0. The molecule has 0 aromatic heterocycles. The first kappa shape index (κ1) is 40.8. The average Bonchev–Trinajstić information content (AvgIpc) is 3.74. The standard InChI is InChI=1S/C43H46F3N5O7/c1-28-38(26-48-19-21-49(22-20-48)35-14-16-36(17-15-35)51(55)56)57-41(58-39(28)31-12-10-29(27-52)11-13-31)34-8-3-7-33(24-34)32-6-2-5-30(23-32)25-47-40(53)37-9-4-18-50(37)42(54)43(44,45)46/h2-3,5-8,10-17,23-24,28,37-39,41,52H,4,9,18-22,25-27H2,1H3,(H,47,53)/t28-,37+,38+,39+,41+/m1/s1. The number of ether oxygens (including phenoxy) is 2. The first-order valence-corrected chi connectivity index (χ1v) is 19.4. The van der Waals surface area contributed by atoms with Crippen LogP contribution >= 0.6 is 0 Å². The molecule has 0 radical (unpaired) electrons. The molecule has 0 spiro atoms. The van der Waals surface area contributed by atoms with E-state index in [0.29, 0.717) is 17.9 Å². The number of nitro groups is 1. The normalized spacial score (nSPS) is 22.8. The molecule has 306 valence electrons. The van der Waals surface area contributed by atoms with Crippen LogP contribution in [0.15, 0.2) is 97.1 Å². The van der Waals surface area contributed by atoms with E-state index in [4.69, 9.17) is 9.47 Å². The number of rotatable bonds is 11. The van der Waals surface area contributed by atoms with Crippen LogP contribution in [-0.2, 0) is 32.2 Å². The zero-order valence-corrected chi connectivity index (χ0v) is 32.0. The van der Waals surface area contributed by atoms with E-state index in [1.54, 1.807) is 12.1 Å². The van der Waals surface area contributed by atoms with Crippen LogP contribution in [0.2, 0.25) is 0 Å². The minimum absolute atomic E-state index is 0.0260. The van der Waals surface area contributed by atoms with Crippen LogP contribution in [0.25, 0.3) is 11.1 Å². The van der Waals surface area contributed by atoms with Crippen molar-refractivity contribution in [2.45, 2.75) is 63.6 Å². The van der Waals surface area contributed by atoms with E-state index in [1.807, 2.05) is 72.8 Å². The van der Waals surface area contributed by atoms with Crippen molar-refractivity contribution in [3.05, 3.63) is 129 Å². The average molecular weight is 802 g/mol. The molecule has 7 rings (SSSR count). The number of benzene rings is 4. The quantitative estimate of drug-likeness (QED) is 0.128. The Kier molecular flexibility index (Phi) is 12.4. The van der Waals surface area contributed by atoms with Crippen molar-refractivity contribution in [1.82, 2.24) is 15.1 Å². The third-order valence-corrected chi connectivity index (χ3v) is 11.3. The maximum atomic E-state index is 13.1. The number of anilines is 1. The van der Waals surface area contributed by atoms with Gasteiger partial charge in [-0.15, -0.1) is 0 Å². The number of non-ortho nitro benzene ring substituents is 1. The highest BCUT2D eigenvalue weighted by atomic mass is 19.4. The van der Waals surface area contributed by atoms with Crippen molar-refractivity contribution in [3.63, 3.8) is 0 Å². The van der Waals surface area contributed by atoms with Gasteiger partial charge >= 0.3 is 12.1 Å². The molecule has 4 aromatic carbocycles. The largest absolute Gasteiger partial charge is 0.471 e. The predicted octanol–water partition coefficient (Wildman–Crippen LogP) is 6.54. The summed E-state index contributed by atoms with van der Waals surface area (Å²) in [6, 6.07) is 28.5. The Balaban J connectivity index is 1.05. The molecule has 3 fully saturated rings. The van der Waals surface area contributed by atoms with Gasteiger partial charge in [-0.3, -0.25) is 24.6 Å². The smallest absolute Gasteiger partial charge is 0.392 e. The van der Waals surface area contributed by atoms with Gasteiger partial charge in [0.1, 0.15) is 6.04 Å². The van der Waals surface area contributed by atoms with Crippen molar-refractivity contribution in [1.29, 1.82) is 0 Å². The third-order valence-electron chi connectivity index (χ3n) is 11.3. The summed E-state index contributed by atoms with van der Waals surface area (Å²) in [5.74, 6) is -2.64. The van der Waals surface area contributed by atoms with Crippen LogP contribution in [0, 0.1) is 16.0 Å². The highest BCUT2D eigenvalue weighted by Crippen LogP contribution is 2.42. The second-order valence-corrected chi connectivity index (χ2v) is 15.1. The maximum absolute atomic E-state index is 13.1. The summed E-state index contributed by atoms with van der Waals surface area (Å²) in [7, 11) is 0. The molecule has 4 aromatic rings. The molecule has 3 heterocycles. The zero-order chi connectivity index (χ0) is 41.0. The summed E-state index contributed by atoms with van der Waals surface area (Å²) in [6.45, 7) is 5.75. The van der Waals surface area contributed by atoms with Crippen LogP contribution in [0.3, 0.4) is 0 Å².